The Morgan fingerprint density at radius 1 is 1.42 bits per heavy atom. The highest BCUT2D eigenvalue weighted by Crippen LogP contribution is 2.35. The third-order valence-corrected chi connectivity index (χ3v) is 3.96. The van der Waals surface area contributed by atoms with E-state index in [-0.39, 0.29) is 0 Å². The summed E-state index contributed by atoms with van der Waals surface area (Å²) in [4.78, 5) is 4.27. The maximum absolute atomic E-state index is 9.95. The van der Waals surface area contributed by atoms with Crippen molar-refractivity contribution in [3.63, 3.8) is 0 Å². The van der Waals surface area contributed by atoms with Crippen LogP contribution in [0.4, 0.5) is 0 Å². The highest BCUT2D eigenvalue weighted by atomic mass is 16.5. The summed E-state index contributed by atoms with van der Waals surface area (Å²) in [7, 11) is 0. The van der Waals surface area contributed by atoms with E-state index in [2.05, 4.69) is 17.0 Å². The Morgan fingerprint density at radius 3 is 3.05 bits per heavy atom. The number of terminal acetylenes is 1. The first-order valence-corrected chi connectivity index (χ1v) is 6.67. The highest BCUT2D eigenvalue weighted by Gasteiger charge is 2.23. The molecule has 2 unspecified atom stereocenters. The van der Waals surface area contributed by atoms with Gasteiger partial charge >= 0.3 is 0 Å². The average Bonchev–Trinajstić information content (AvgIpc) is 2.47. The number of hydrogen-bond donors (Lipinski definition) is 1. The Balaban J connectivity index is 1.96. The Labute approximate surface area is 113 Å². The first-order chi connectivity index (χ1) is 9.29. The van der Waals surface area contributed by atoms with Crippen LogP contribution < -0.4 is 0 Å². The van der Waals surface area contributed by atoms with Crippen LogP contribution >= 0.6 is 0 Å². The largest absolute Gasteiger partial charge is 0.386 e. The molecular formula is C16H17NO2. The van der Waals surface area contributed by atoms with Crippen molar-refractivity contribution in [2.75, 3.05) is 6.61 Å². The van der Waals surface area contributed by atoms with Crippen LogP contribution in [0.25, 0.3) is 5.57 Å². The van der Waals surface area contributed by atoms with E-state index in [0.717, 1.165) is 36.0 Å². The summed E-state index contributed by atoms with van der Waals surface area (Å²) in [5, 5.41) is 9.95. The molecule has 19 heavy (non-hydrogen) atoms. The van der Waals surface area contributed by atoms with Gasteiger partial charge in [-0.25, -0.2) is 0 Å². The van der Waals surface area contributed by atoms with Crippen molar-refractivity contribution in [1.29, 1.82) is 0 Å². The second-order valence-electron chi connectivity index (χ2n) is 5.15. The Morgan fingerprint density at radius 2 is 2.32 bits per heavy atom. The standard InChI is InChI=1S/C16H17NO2/c1-2-11-3-5-12(6-4-11)13-7-17-8-14-15(13)9-19-10-16(14)18/h1,5,7-8,11,16,18H,3-4,6,9-10H2. The van der Waals surface area contributed by atoms with Crippen molar-refractivity contribution in [3.8, 4) is 12.3 Å². The minimum atomic E-state index is -0.557. The van der Waals surface area contributed by atoms with Gasteiger partial charge in [-0.3, -0.25) is 4.98 Å². The predicted molar refractivity (Wildman–Crippen MR) is 73.0 cm³/mol. The van der Waals surface area contributed by atoms with Crippen molar-refractivity contribution in [3.05, 3.63) is 35.2 Å². The third kappa shape index (κ3) is 2.30. The smallest absolute Gasteiger partial charge is 0.104 e. The summed E-state index contributed by atoms with van der Waals surface area (Å²) in [5.74, 6) is 3.18. The fourth-order valence-corrected chi connectivity index (χ4v) is 2.82. The first-order valence-electron chi connectivity index (χ1n) is 6.67. The lowest BCUT2D eigenvalue weighted by Crippen LogP contribution is -2.18. The van der Waals surface area contributed by atoms with Crippen molar-refractivity contribution < 1.29 is 9.84 Å². The molecule has 3 rings (SSSR count). The second kappa shape index (κ2) is 5.16. The van der Waals surface area contributed by atoms with Gasteiger partial charge in [-0.2, -0.15) is 0 Å². The van der Waals surface area contributed by atoms with Gasteiger partial charge in [-0.1, -0.05) is 6.08 Å². The molecule has 1 aromatic heterocycles. The van der Waals surface area contributed by atoms with E-state index >= 15 is 0 Å². The van der Waals surface area contributed by atoms with Crippen molar-refractivity contribution in [2.45, 2.75) is 32.0 Å². The molecule has 0 radical (unpaired) electrons. The highest BCUT2D eigenvalue weighted by molar-refractivity contribution is 5.69. The summed E-state index contributed by atoms with van der Waals surface area (Å²) in [6.45, 7) is 0.913. The van der Waals surface area contributed by atoms with Crippen molar-refractivity contribution >= 4 is 5.57 Å². The molecule has 1 N–H and O–H groups in total. The number of aliphatic hydroxyl groups excluding tert-OH is 1. The van der Waals surface area contributed by atoms with Crippen molar-refractivity contribution in [2.24, 2.45) is 5.92 Å². The lowest BCUT2D eigenvalue weighted by atomic mass is 9.85. The summed E-state index contributed by atoms with van der Waals surface area (Å²) in [5.41, 5.74) is 4.39. The van der Waals surface area contributed by atoms with E-state index < -0.39 is 6.10 Å². The quantitative estimate of drug-likeness (QED) is 0.784. The van der Waals surface area contributed by atoms with E-state index in [9.17, 15) is 5.11 Å². The first kappa shape index (κ1) is 12.4. The number of hydrogen-bond acceptors (Lipinski definition) is 3. The maximum Gasteiger partial charge on any atom is 0.104 e. The lowest BCUT2D eigenvalue weighted by Gasteiger charge is -2.26. The minimum absolute atomic E-state index is 0.357. The predicted octanol–water partition coefficient (Wildman–Crippen LogP) is 2.46. The molecule has 98 valence electrons. The summed E-state index contributed by atoms with van der Waals surface area (Å²) >= 11 is 0. The molecule has 0 saturated heterocycles. The molecule has 0 spiro atoms. The van der Waals surface area contributed by atoms with E-state index in [1.807, 2.05) is 6.20 Å². The molecule has 0 saturated carbocycles. The molecule has 3 heteroatoms. The molecule has 2 heterocycles. The van der Waals surface area contributed by atoms with E-state index in [0.29, 0.717) is 19.1 Å². The molecule has 1 aliphatic carbocycles. The number of aliphatic hydroxyl groups is 1. The van der Waals surface area contributed by atoms with Gasteiger partial charge in [-0.05, 0) is 30.4 Å². The summed E-state index contributed by atoms with van der Waals surface area (Å²) in [6, 6.07) is 0. The van der Waals surface area contributed by atoms with Gasteiger partial charge in [0.05, 0.1) is 13.2 Å². The second-order valence-corrected chi connectivity index (χ2v) is 5.15. The summed E-state index contributed by atoms with van der Waals surface area (Å²) in [6.07, 6.45) is 13.7. The number of nitrogens with zero attached hydrogens (tertiary/aromatic N) is 1. The zero-order valence-electron chi connectivity index (χ0n) is 10.8. The molecule has 1 aliphatic heterocycles. The fraction of sp³-hybridized carbons (Fsp3) is 0.438. The van der Waals surface area contributed by atoms with Gasteiger partial charge in [0.1, 0.15) is 6.10 Å². The van der Waals surface area contributed by atoms with Crippen LogP contribution in [-0.2, 0) is 11.3 Å². The van der Waals surface area contributed by atoms with E-state index in [1.165, 1.54) is 5.57 Å². The number of aromatic nitrogens is 1. The molecule has 0 fully saturated rings. The Kier molecular flexibility index (Phi) is 3.37. The molecule has 2 atom stereocenters. The van der Waals surface area contributed by atoms with Gasteiger partial charge in [0.25, 0.3) is 0 Å². The fourth-order valence-electron chi connectivity index (χ4n) is 2.82. The van der Waals surface area contributed by atoms with Crippen LogP contribution in [0, 0.1) is 18.3 Å². The SMILES string of the molecule is C#CC1CC=C(c2cncc3c2COCC3O)CC1. The molecule has 0 aromatic carbocycles. The molecule has 0 amide bonds. The van der Waals surface area contributed by atoms with Gasteiger partial charge in [0.2, 0.25) is 0 Å². The number of allylic oxidation sites excluding steroid dienone is 2. The zero-order chi connectivity index (χ0) is 13.2. The van der Waals surface area contributed by atoms with Crippen LogP contribution in [0.2, 0.25) is 0 Å². The lowest BCUT2D eigenvalue weighted by molar-refractivity contribution is 0.00938. The van der Waals surface area contributed by atoms with Crippen LogP contribution in [0.15, 0.2) is 18.5 Å². The van der Waals surface area contributed by atoms with Gasteiger partial charge in [-0.15, -0.1) is 12.3 Å². The number of ether oxygens (including phenoxy) is 1. The Hall–Kier alpha value is -1.63. The van der Waals surface area contributed by atoms with Crippen LogP contribution in [0.1, 0.15) is 42.1 Å². The number of pyridine rings is 1. The van der Waals surface area contributed by atoms with Crippen LogP contribution in [-0.4, -0.2) is 16.7 Å². The van der Waals surface area contributed by atoms with E-state index in [4.69, 9.17) is 11.2 Å². The van der Waals surface area contributed by atoms with Gasteiger partial charge < -0.3 is 9.84 Å². The number of rotatable bonds is 1. The Bertz CT molecular complexity index is 556. The molecule has 0 bridgehead atoms. The van der Waals surface area contributed by atoms with Crippen LogP contribution in [0.3, 0.4) is 0 Å². The topological polar surface area (TPSA) is 42.4 Å². The van der Waals surface area contributed by atoms with Crippen LogP contribution in [0.5, 0.6) is 0 Å². The monoisotopic (exact) mass is 255 g/mol. The zero-order valence-corrected chi connectivity index (χ0v) is 10.8. The molecule has 1 aromatic rings. The third-order valence-electron chi connectivity index (χ3n) is 3.96. The minimum Gasteiger partial charge on any atom is -0.386 e. The van der Waals surface area contributed by atoms with Gasteiger partial charge in [0, 0.05) is 29.4 Å². The number of fused-ring (bicyclic) bond motifs is 1. The maximum atomic E-state index is 9.95. The molecule has 2 aliphatic rings. The van der Waals surface area contributed by atoms with Crippen molar-refractivity contribution in [1.82, 2.24) is 4.98 Å². The summed E-state index contributed by atoms with van der Waals surface area (Å²) < 4.78 is 5.44. The molecular weight excluding hydrogens is 238 g/mol. The normalized spacial score (nSPS) is 26.2. The van der Waals surface area contributed by atoms with E-state index in [1.54, 1.807) is 6.20 Å². The average molecular weight is 255 g/mol. The molecule has 3 nitrogen and oxygen atoms in total. The van der Waals surface area contributed by atoms with Gasteiger partial charge in [0.15, 0.2) is 0 Å².